The van der Waals surface area contributed by atoms with E-state index in [4.69, 9.17) is 21.1 Å². The van der Waals surface area contributed by atoms with E-state index in [0.717, 1.165) is 12.8 Å². The van der Waals surface area contributed by atoms with Crippen LogP contribution in [0.3, 0.4) is 0 Å². The van der Waals surface area contributed by atoms with Gasteiger partial charge in [0.25, 0.3) is 0 Å². The van der Waals surface area contributed by atoms with E-state index in [9.17, 15) is 0 Å². The van der Waals surface area contributed by atoms with Crippen molar-refractivity contribution in [3.8, 4) is 5.88 Å². The maximum absolute atomic E-state index is 5.82. The van der Waals surface area contributed by atoms with Gasteiger partial charge in [0.15, 0.2) is 5.82 Å². The van der Waals surface area contributed by atoms with Crippen molar-refractivity contribution in [1.29, 1.82) is 0 Å². The highest BCUT2D eigenvalue weighted by Gasteiger charge is 2.03. The number of aromatic nitrogens is 2. The normalized spacial score (nSPS) is 10.1. The Kier molecular flexibility index (Phi) is 5.82. The van der Waals surface area contributed by atoms with Gasteiger partial charge in [0.1, 0.15) is 11.8 Å². The number of halogens is 1. The summed E-state index contributed by atoms with van der Waals surface area (Å²) in [6.45, 7) is 4.55. The summed E-state index contributed by atoms with van der Waals surface area (Å²) in [5.74, 6) is 1.00. The van der Waals surface area contributed by atoms with Crippen molar-refractivity contribution in [2.45, 2.75) is 19.4 Å². The molecule has 0 spiro atoms. The molecular formula is C11H15ClN2O2. The Morgan fingerprint density at radius 1 is 1.50 bits per heavy atom. The third-order valence-corrected chi connectivity index (χ3v) is 1.99. The first-order valence-corrected chi connectivity index (χ1v) is 5.40. The Morgan fingerprint density at radius 2 is 2.31 bits per heavy atom. The van der Waals surface area contributed by atoms with Gasteiger partial charge in [-0.25, -0.2) is 4.98 Å². The highest BCUT2D eigenvalue weighted by atomic mass is 35.5. The lowest BCUT2D eigenvalue weighted by Crippen LogP contribution is -2.03. The van der Waals surface area contributed by atoms with Gasteiger partial charge in [-0.15, -0.1) is 6.58 Å². The first-order valence-electron chi connectivity index (χ1n) is 5.02. The lowest BCUT2D eigenvalue weighted by molar-refractivity contribution is 0.176. The molecule has 4 nitrogen and oxygen atoms in total. The Balaban J connectivity index is 2.54. The van der Waals surface area contributed by atoms with Gasteiger partial charge in [0.05, 0.1) is 6.61 Å². The van der Waals surface area contributed by atoms with Gasteiger partial charge in [-0.1, -0.05) is 17.7 Å². The number of hydrogen-bond donors (Lipinski definition) is 0. The molecule has 0 unspecified atom stereocenters. The second kappa shape index (κ2) is 7.19. The van der Waals surface area contributed by atoms with E-state index in [2.05, 4.69) is 16.5 Å². The zero-order valence-corrected chi connectivity index (χ0v) is 10.0. The number of methoxy groups -OCH3 is 1. The highest BCUT2D eigenvalue weighted by Crippen LogP contribution is 2.14. The summed E-state index contributed by atoms with van der Waals surface area (Å²) in [4.78, 5) is 8.15. The minimum absolute atomic E-state index is 0.323. The van der Waals surface area contributed by atoms with E-state index >= 15 is 0 Å². The summed E-state index contributed by atoms with van der Waals surface area (Å²) in [5, 5.41) is 0.362. The van der Waals surface area contributed by atoms with Gasteiger partial charge in [-0.3, -0.25) is 0 Å². The summed E-state index contributed by atoms with van der Waals surface area (Å²) in [7, 11) is 1.58. The maximum Gasteiger partial charge on any atom is 0.218 e. The number of nitrogens with zero attached hydrogens (tertiary/aromatic N) is 2. The van der Waals surface area contributed by atoms with E-state index in [1.54, 1.807) is 13.2 Å². The van der Waals surface area contributed by atoms with Crippen molar-refractivity contribution in [1.82, 2.24) is 9.97 Å². The maximum atomic E-state index is 5.82. The standard InChI is InChI=1S/C11H15ClN2O2/c1-3-4-5-6-16-11-7-9(12)13-10(14-11)8-15-2/h3,7H,1,4-6,8H2,2H3. The van der Waals surface area contributed by atoms with Crippen LogP contribution in [-0.4, -0.2) is 23.7 Å². The Bertz CT molecular complexity index is 345. The van der Waals surface area contributed by atoms with Crippen LogP contribution in [-0.2, 0) is 11.3 Å². The molecule has 1 aromatic rings. The molecular weight excluding hydrogens is 228 g/mol. The first-order chi connectivity index (χ1) is 7.76. The second-order valence-electron chi connectivity index (χ2n) is 3.16. The summed E-state index contributed by atoms with van der Waals surface area (Å²) in [6.07, 6.45) is 3.68. The SMILES string of the molecule is C=CCCCOc1cc(Cl)nc(COC)n1. The number of hydrogen-bond acceptors (Lipinski definition) is 4. The van der Waals surface area contributed by atoms with Crippen LogP contribution in [0.15, 0.2) is 18.7 Å². The summed E-state index contributed by atoms with van der Waals surface area (Å²) < 4.78 is 10.4. The first kappa shape index (κ1) is 12.9. The Hall–Kier alpha value is -1.13. The zero-order valence-electron chi connectivity index (χ0n) is 9.28. The van der Waals surface area contributed by atoms with E-state index in [1.807, 2.05) is 6.08 Å². The van der Waals surface area contributed by atoms with Crippen molar-refractivity contribution in [2.75, 3.05) is 13.7 Å². The summed E-state index contributed by atoms with van der Waals surface area (Å²) in [5.41, 5.74) is 0. The van der Waals surface area contributed by atoms with Crippen molar-refractivity contribution in [2.24, 2.45) is 0 Å². The van der Waals surface area contributed by atoms with Gasteiger partial charge in [0.2, 0.25) is 5.88 Å². The van der Waals surface area contributed by atoms with E-state index in [0.29, 0.717) is 30.1 Å². The molecule has 1 aromatic heterocycles. The lowest BCUT2D eigenvalue weighted by Gasteiger charge is -2.06. The molecule has 0 fully saturated rings. The monoisotopic (exact) mass is 242 g/mol. The molecule has 0 aliphatic carbocycles. The second-order valence-corrected chi connectivity index (χ2v) is 3.54. The van der Waals surface area contributed by atoms with Crippen LogP contribution in [0.5, 0.6) is 5.88 Å². The fraction of sp³-hybridized carbons (Fsp3) is 0.455. The van der Waals surface area contributed by atoms with E-state index < -0.39 is 0 Å². The van der Waals surface area contributed by atoms with E-state index in [-0.39, 0.29) is 0 Å². The number of unbranched alkanes of at least 4 members (excludes halogenated alkanes) is 1. The average Bonchev–Trinajstić information content (AvgIpc) is 2.24. The molecule has 0 atom stereocenters. The quantitative estimate of drug-likeness (QED) is 0.419. The van der Waals surface area contributed by atoms with Crippen LogP contribution < -0.4 is 4.74 Å². The van der Waals surface area contributed by atoms with Crippen LogP contribution in [0.4, 0.5) is 0 Å². The Morgan fingerprint density at radius 3 is 3.00 bits per heavy atom. The van der Waals surface area contributed by atoms with Crippen LogP contribution in [0.25, 0.3) is 0 Å². The predicted octanol–water partition coefficient (Wildman–Crippen LogP) is 2.62. The molecule has 0 radical (unpaired) electrons. The number of allylic oxidation sites excluding steroid dienone is 1. The minimum Gasteiger partial charge on any atom is -0.478 e. The molecule has 1 rings (SSSR count). The fourth-order valence-electron chi connectivity index (χ4n) is 1.11. The zero-order chi connectivity index (χ0) is 11.8. The molecule has 0 N–H and O–H groups in total. The predicted molar refractivity (Wildman–Crippen MR) is 62.7 cm³/mol. The van der Waals surface area contributed by atoms with Crippen molar-refractivity contribution in [3.63, 3.8) is 0 Å². The molecule has 0 saturated carbocycles. The van der Waals surface area contributed by atoms with Crippen LogP contribution in [0.2, 0.25) is 5.15 Å². The van der Waals surface area contributed by atoms with Gasteiger partial charge in [-0.2, -0.15) is 4.98 Å². The van der Waals surface area contributed by atoms with Crippen molar-refractivity contribution in [3.05, 3.63) is 29.7 Å². The highest BCUT2D eigenvalue weighted by molar-refractivity contribution is 6.29. The van der Waals surface area contributed by atoms with Crippen LogP contribution >= 0.6 is 11.6 Å². The minimum atomic E-state index is 0.323. The number of rotatable bonds is 7. The van der Waals surface area contributed by atoms with Crippen LogP contribution in [0.1, 0.15) is 18.7 Å². The van der Waals surface area contributed by atoms with Crippen molar-refractivity contribution >= 4 is 11.6 Å². The molecule has 0 amide bonds. The van der Waals surface area contributed by atoms with E-state index in [1.165, 1.54) is 0 Å². The lowest BCUT2D eigenvalue weighted by atomic mass is 10.3. The molecule has 0 aliphatic rings. The molecule has 1 heterocycles. The van der Waals surface area contributed by atoms with Crippen LogP contribution in [0, 0.1) is 0 Å². The third kappa shape index (κ3) is 4.59. The summed E-state index contributed by atoms with van der Waals surface area (Å²) in [6, 6.07) is 1.59. The largest absolute Gasteiger partial charge is 0.478 e. The van der Waals surface area contributed by atoms with Gasteiger partial charge >= 0.3 is 0 Å². The molecule has 5 heteroatoms. The topological polar surface area (TPSA) is 44.2 Å². The molecule has 0 aromatic carbocycles. The van der Waals surface area contributed by atoms with Gasteiger partial charge in [-0.05, 0) is 12.8 Å². The molecule has 0 bridgehead atoms. The molecule has 0 aliphatic heterocycles. The third-order valence-electron chi connectivity index (χ3n) is 1.79. The average molecular weight is 243 g/mol. The Labute approximate surface area is 100 Å². The fourth-order valence-corrected chi connectivity index (χ4v) is 1.30. The molecule has 88 valence electrons. The van der Waals surface area contributed by atoms with Crippen molar-refractivity contribution < 1.29 is 9.47 Å². The summed E-state index contributed by atoms with van der Waals surface area (Å²) >= 11 is 5.82. The molecule has 16 heavy (non-hydrogen) atoms. The van der Waals surface area contributed by atoms with Gasteiger partial charge < -0.3 is 9.47 Å². The smallest absolute Gasteiger partial charge is 0.218 e. The van der Waals surface area contributed by atoms with Gasteiger partial charge in [0, 0.05) is 13.2 Å². The molecule has 0 saturated heterocycles. The number of ether oxygens (including phenoxy) is 2.